The first-order chi connectivity index (χ1) is 17.3. The predicted molar refractivity (Wildman–Crippen MR) is 141 cm³/mol. The molecule has 0 aliphatic heterocycles. The van der Waals surface area contributed by atoms with Gasteiger partial charge in [0.1, 0.15) is 0 Å². The fourth-order valence-electron chi connectivity index (χ4n) is 3.69. The number of carbonyl (C=O) groups is 3. The SMILES string of the molecule is C[C@H](c1ccccc1)N(CC(N)=O)C(=O)CN(CCc1ccccc1)C(=O)CNCCCN=C(N)N. The molecule has 2 aromatic rings. The lowest BCUT2D eigenvalue weighted by molar-refractivity contribution is -0.143. The summed E-state index contributed by atoms with van der Waals surface area (Å²) < 4.78 is 0. The molecule has 3 amide bonds. The molecule has 0 spiro atoms. The Hall–Kier alpha value is -3.92. The summed E-state index contributed by atoms with van der Waals surface area (Å²) in [6.07, 6.45) is 1.25. The van der Waals surface area contributed by atoms with E-state index in [1.54, 1.807) is 0 Å². The molecule has 2 aromatic carbocycles. The summed E-state index contributed by atoms with van der Waals surface area (Å²) in [7, 11) is 0. The summed E-state index contributed by atoms with van der Waals surface area (Å²) in [5.74, 6) is -1.15. The van der Waals surface area contributed by atoms with Gasteiger partial charge in [0.2, 0.25) is 17.7 Å². The van der Waals surface area contributed by atoms with Crippen molar-refractivity contribution in [3.05, 3.63) is 71.8 Å². The third kappa shape index (κ3) is 10.1. The molecule has 0 heterocycles. The fraction of sp³-hybridized carbons (Fsp3) is 0.385. The largest absolute Gasteiger partial charge is 0.370 e. The van der Waals surface area contributed by atoms with Crippen LogP contribution in [0.2, 0.25) is 0 Å². The minimum Gasteiger partial charge on any atom is -0.370 e. The molecule has 194 valence electrons. The Morgan fingerprint density at radius 3 is 2.17 bits per heavy atom. The highest BCUT2D eigenvalue weighted by Crippen LogP contribution is 2.20. The van der Waals surface area contributed by atoms with Crippen LogP contribution in [0.1, 0.15) is 30.5 Å². The van der Waals surface area contributed by atoms with Crippen molar-refractivity contribution in [2.24, 2.45) is 22.2 Å². The van der Waals surface area contributed by atoms with Gasteiger partial charge in [-0.1, -0.05) is 60.7 Å². The molecule has 0 saturated heterocycles. The normalized spacial score (nSPS) is 11.4. The summed E-state index contributed by atoms with van der Waals surface area (Å²) >= 11 is 0. The maximum atomic E-state index is 13.4. The Labute approximate surface area is 212 Å². The van der Waals surface area contributed by atoms with Gasteiger partial charge in [0, 0.05) is 13.1 Å². The molecule has 36 heavy (non-hydrogen) atoms. The highest BCUT2D eigenvalue weighted by atomic mass is 16.2. The van der Waals surface area contributed by atoms with Gasteiger partial charge in [-0.15, -0.1) is 0 Å². The van der Waals surface area contributed by atoms with Gasteiger partial charge in [0.05, 0.1) is 25.7 Å². The first-order valence-corrected chi connectivity index (χ1v) is 12.0. The van der Waals surface area contributed by atoms with Gasteiger partial charge in [-0.3, -0.25) is 19.4 Å². The second-order valence-corrected chi connectivity index (χ2v) is 8.46. The van der Waals surface area contributed by atoms with E-state index in [0.717, 1.165) is 11.1 Å². The molecule has 10 heteroatoms. The van der Waals surface area contributed by atoms with Crippen LogP contribution in [0.3, 0.4) is 0 Å². The van der Waals surface area contributed by atoms with Crippen LogP contribution in [-0.2, 0) is 20.8 Å². The average molecular weight is 496 g/mol. The highest BCUT2D eigenvalue weighted by Gasteiger charge is 2.26. The number of rotatable bonds is 15. The number of nitrogens with two attached hydrogens (primary N) is 3. The summed E-state index contributed by atoms with van der Waals surface area (Å²) in [6, 6.07) is 18.7. The third-order valence-corrected chi connectivity index (χ3v) is 5.67. The van der Waals surface area contributed by atoms with Crippen LogP contribution in [0.15, 0.2) is 65.7 Å². The van der Waals surface area contributed by atoms with Crippen molar-refractivity contribution < 1.29 is 14.4 Å². The molecule has 0 aromatic heterocycles. The highest BCUT2D eigenvalue weighted by molar-refractivity contribution is 5.88. The molecular formula is C26H37N7O3. The lowest BCUT2D eigenvalue weighted by Crippen LogP contribution is -2.48. The van der Waals surface area contributed by atoms with Gasteiger partial charge in [-0.2, -0.15) is 0 Å². The molecule has 0 bridgehead atoms. The van der Waals surface area contributed by atoms with Crippen molar-refractivity contribution in [2.45, 2.75) is 25.8 Å². The molecule has 0 aliphatic rings. The molecular weight excluding hydrogens is 458 g/mol. The molecule has 0 fully saturated rings. The quantitative estimate of drug-likeness (QED) is 0.159. The zero-order valence-electron chi connectivity index (χ0n) is 20.8. The van der Waals surface area contributed by atoms with Crippen molar-refractivity contribution in [1.29, 1.82) is 0 Å². The number of aliphatic imine (C=N–C) groups is 1. The predicted octanol–water partition coefficient (Wildman–Crippen LogP) is 0.386. The molecule has 0 unspecified atom stereocenters. The summed E-state index contributed by atoms with van der Waals surface area (Å²) in [6.45, 7) is 2.86. The Balaban J connectivity index is 2.09. The Bertz CT molecular complexity index is 995. The molecule has 7 N–H and O–H groups in total. The Morgan fingerprint density at radius 2 is 1.56 bits per heavy atom. The number of primary amides is 1. The van der Waals surface area contributed by atoms with E-state index in [1.165, 1.54) is 9.80 Å². The van der Waals surface area contributed by atoms with Crippen molar-refractivity contribution in [3.8, 4) is 0 Å². The minimum atomic E-state index is -0.615. The molecule has 0 aliphatic carbocycles. The van der Waals surface area contributed by atoms with Crippen molar-refractivity contribution in [3.63, 3.8) is 0 Å². The van der Waals surface area contributed by atoms with E-state index in [0.29, 0.717) is 32.5 Å². The van der Waals surface area contributed by atoms with Gasteiger partial charge in [-0.25, -0.2) is 0 Å². The number of hydrogen-bond donors (Lipinski definition) is 4. The zero-order chi connectivity index (χ0) is 26.3. The number of guanidine groups is 1. The first kappa shape index (κ1) is 28.3. The van der Waals surface area contributed by atoms with Crippen LogP contribution in [-0.4, -0.2) is 72.7 Å². The number of carbonyl (C=O) groups excluding carboxylic acids is 3. The van der Waals surface area contributed by atoms with E-state index in [1.807, 2.05) is 67.6 Å². The summed E-state index contributed by atoms with van der Waals surface area (Å²) in [5, 5.41) is 3.08. The van der Waals surface area contributed by atoms with Gasteiger partial charge >= 0.3 is 0 Å². The smallest absolute Gasteiger partial charge is 0.243 e. The van der Waals surface area contributed by atoms with Crippen molar-refractivity contribution >= 4 is 23.7 Å². The van der Waals surface area contributed by atoms with E-state index in [4.69, 9.17) is 17.2 Å². The van der Waals surface area contributed by atoms with Crippen molar-refractivity contribution in [1.82, 2.24) is 15.1 Å². The number of nitrogens with one attached hydrogen (secondary N) is 1. The number of amides is 3. The summed E-state index contributed by atoms with van der Waals surface area (Å²) in [5.41, 5.74) is 18.0. The maximum absolute atomic E-state index is 13.4. The van der Waals surface area contributed by atoms with Crippen LogP contribution >= 0.6 is 0 Å². The Morgan fingerprint density at radius 1 is 0.917 bits per heavy atom. The van der Waals surface area contributed by atoms with Crippen LogP contribution < -0.4 is 22.5 Å². The monoisotopic (exact) mass is 495 g/mol. The van der Waals surface area contributed by atoms with Crippen LogP contribution in [0, 0.1) is 0 Å². The number of benzene rings is 2. The molecule has 10 nitrogen and oxygen atoms in total. The molecule has 2 rings (SSSR count). The minimum absolute atomic E-state index is 0.0296. The van der Waals surface area contributed by atoms with E-state index in [9.17, 15) is 14.4 Å². The lowest BCUT2D eigenvalue weighted by Gasteiger charge is -2.31. The second-order valence-electron chi connectivity index (χ2n) is 8.46. The first-order valence-electron chi connectivity index (χ1n) is 12.0. The Kier molecular flexibility index (Phi) is 11.9. The van der Waals surface area contributed by atoms with E-state index < -0.39 is 5.91 Å². The number of nitrogens with zero attached hydrogens (tertiary/aromatic N) is 3. The van der Waals surface area contributed by atoms with E-state index in [-0.39, 0.29) is 43.5 Å². The van der Waals surface area contributed by atoms with Gasteiger partial charge in [0.25, 0.3) is 0 Å². The van der Waals surface area contributed by atoms with Crippen LogP contribution in [0.4, 0.5) is 0 Å². The summed E-state index contributed by atoms with van der Waals surface area (Å²) in [4.78, 5) is 45.0. The zero-order valence-corrected chi connectivity index (χ0v) is 20.8. The fourth-order valence-corrected chi connectivity index (χ4v) is 3.69. The van der Waals surface area contributed by atoms with Gasteiger partial charge in [-0.05, 0) is 37.4 Å². The van der Waals surface area contributed by atoms with Crippen LogP contribution in [0.25, 0.3) is 0 Å². The van der Waals surface area contributed by atoms with Crippen molar-refractivity contribution in [2.75, 3.05) is 39.3 Å². The molecule has 1 atom stereocenters. The second kappa shape index (κ2) is 15.2. The number of hydrogen-bond acceptors (Lipinski definition) is 5. The average Bonchev–Trinajstić information content (AvgIpc) is 2.87. The van der Waals surface area contributed by atoms with Gasteiger partial charge < -0.3 is 32.3 Å². The van der Waals surface area contributed by atoms with Crippen LogP contribution in [0.5, 0.6) is 0 Å². The topological polar surface area (TPSA) is 160 Å². The maximum Gasteiger partial charge on any atom is 0.243 e. The standard InChI is InChI=1S/C26H37N7O3/c1-20(22-11-6-3-7-12-22)33(18-23(27)34)25(36)19-32(16-13-21-9-4-2-5-10-21)24(35)17-30-14-8-15-31-26(28)29/h2-7,9-12,20,30H,8,13-19H2,1H3,(H2,27,34)(H4,28,29,31)/t20-/m1/s1. The molecule has 0 saturated carbocycles. The van der Waals surface area contributed by atoms with E-state index in [2.05, 4.69) is 10.3 Å². The third-order valence-electron chi connectivity index (χ3n) is 5.67. The lowest BCUT2D eigenvalue weighted by atomic mass is 10.1. The molecule has 0 radical (unpaired) electrons. The van der Waals surface area contributed by atoms with Gasteiger partial charge in [0.15, 0.2) is 5.96 Å². The van der Waals surface area contributed by atoms with E-state index >= 15 is 0 Å².